The number of nitrogens with one attached hydrogen (secondary N) is 2. The summed E-state index contributed by atoms with van der Waals surface area (Å²) in [7, 11) is -6.25. The summed E-state index contributed by atoms with van der Waals surface area (Å²) in [5.74, 6) is -0.464. The zero-order chi connectivity index (χ0) is 28.4. The van der Waals surface area contributed by atoms with E-state index in [-0.39, 0.29) is 15.7 Å². The molecule has 202 valence electrons. The molecule has 0 atom stereocenters. The molecule has 0 saturated heterocycles. The van der Waals surface area contributed by atoms with Gasteiger partial charge >= 0.3 is 0 Å². The zero-order valence-corrected chi connectivity index (χ0v) is 23.3. The highest BCUT2D eigenvalue weighted by Crippen LogP contribution is 2.23. The maximum Gasteiger partial charge on any atom is 0.264 e. The molecule has 10 nitrogen and oxygen atoms in total. The molecule has 3 aromatic carbocycles. The molecule has 0 spiro atoms. The minimum atomic E-state index is -3.93. The van der Waals surface area contributed by atoms with Gasteiger partial charge in [0, 0.05) is 29.7 Å². The number of carbonyl (C=O) groups is 1. The lowest BCUT2D eigenvalue weighted by molar-refractivity contribution is 0.102. The van der Waals surface area contributed by atoms with Crippen molar-refractivity contribution in [3.8, 4) is 0 Å². The van der Waals surface area contributed by atoms with Gasteiger partial charge in [-0.15, -0.1) is 0 Å². The van der Waals surface area contributed by atoms with E-state index in [4.69, 9.17) is 0 Å². The Bertz CT molecular complexity index is 1700. The van der Waals surface area contributed by atoms with E-state index < -0.39 is 26.0 Å². The summed E-state index contributed by atoms with van der Waals surface area (Å²) in [5.41, 5.74) is 3.28. The number of benzene rings is 3. The minimum absolute atomic E-state index is 0.0226. The van der Waals surface area contributed by atoms with Crippen LogP contribution in [0.3, 0.4) is 0 Å². The van der Waals surface area contributed by atoms with Crippen LogP contribution in [0.1, 0.15) is 27.3 Å². The van der Waals surface area contributed by atoms with Gasteiger partial charge in [-0.1, -0.05) is 17.7 Å². The van der Waals surface area contributed by atoms with E-state index in [1.54, 1.807) is 44.2 Å². The standard InChI is InChI=1S/C27H27N5O5S2/c1-18-5-13-25(14-6-18)39(36,37)32(4)23-11-7-21(8-12-23)26(33)30-22-9-15-24(16-10-22)38(34,35)31-27-28-19(2)17-20(3)29-27/h5-17H,1-4H3,(H,30,33)(H,28,29,31). The normalized spacial score (nSPS) is 11.6. The molecule has 39 heavy (non-hydrogen) atoms. The number of hydrogen-bond acceptors (Lipinski definition) is 7. The first-order chi connectivity index (χ1) is 18.3. The van der Waals surface area contributed by atoms with Gasteiger partial charge in [0.15, 0.2) is 0 Å². The Balaban J connectivity index is 1.43. The van der Waals surface area contributed by atoms with Crippen LogP contribution >= 0.6 is 0 Å². The molecule has 1 amide bonds. The summed E-state index contributed by atoms with van der Waals surface area (Å²) in [5, 5.41) is 2.70. The van der Waals surface area contributed by atoms with E-state index in [0.29, 0.717) is 28.3 Å². The highest BCUT2D eigenvalue weighted by Gasteiger charge is 2.21. The molecule has 4 aromatic rings. The predicted octanol–water partition coefficient (Wildman–Crippen LogP) is 4.28. The number of carbonyl (C=O) groups excluding carboxylic acids is 1. The molecular weight excluding hydrogens is 538 g/mol. The van der Waals surface area contributed by atoms with Gasteiger partial charge < -0.3 is 5.32 Å². The Kier molecular flexibility index (Phi) is 7.70. The molecule has 2 N–H and O–H groups in total. The third-order valence-corrected chi connectivity index (χ3v) is 8.95. The molecular formula is C27H27N5O5S2. The SMILES string of the molecule is Cc1ccc(S(=O)(=O)N(C)c2ccc(C(=O)Nc3ccc(S(=O)(=O)Nc4nc(C)cc(C)n4)cc3)cc2)cc1. The Labute approximate surface area is 227 Å². The van der Waals surface area contributed by atoms with Crippen LogP contribution in [-0.2, 0) is 20.0 Å². The Hall–Kier alpha value is -4.29. The fraction of sp³-hybridized carbons (Fsp3) is 0.148. The molecule has 0 aliphatic rings. The van der Waals surface area contributed by atoms with Crippen LogP contribution in [0.4, 0.5) is 17.3 Å². The lowest BCUT2D eigenvalue weighted by Gasteiger charge is -2.20. The molecule has 1 aromatic heterocycles. The van der Waals surface area contributed by atoms with Gasteiger partial charge in [-0.3, -0.25) is 9.10 Å². The van der Waals surface area contributed by atoms with Gasteiger partial charge in [-0.05, 0) is 87.5 Å². The molecule has 0 saturated carbocycles. The first kappa shape index (κ1) is 27.7. The van der Waals surface area contributed by atoms with Crippen molar-refractivity contribution >= 4 is 43.3 Å². The van der Waals surface area contributed by atoms with E-state index in [2.05, 4.69) is 20.0 Å². The highest BCUT2D eigenvalue weighted by molar-refractivity contribution is 7.93. The molecule has 0 fully saturated rings. The molecule has 0 unspecified atom stereocenters. The number of aromatic nitrogens is 2. The van der Waals surface area contributed by atoms with Crippen molar-refractivity contribution in [1.82, 2.24) is 9.97 Å². The number of rotatable bonds is 8. The molecule has 0 aliphatic heterocycles. The zero-order valence-electron chi connectivity index (χ0n) is 21.7. The van der Waals surface area contributed by atoms with Gasteiger partial charge in [0.25, 0.3) is 26.0 Å². The maximum atomic E-state index is 12.9. The third kappa shape index (κ3) is 6.41. The van der Waals surface area contributed by atoms with Crippen molar-refractivity contribution in [3.63, 3.8) is 0 Å². The van der Waals surface area contributed by atoms with Crippen molar-refractivity contribution in [2.45, 2.75) is 30.6 Å². The number of sulfonamides is 2. The topological polar surface area (TPSA) is 138 Å². The molecule has 0 radical (unpaired) electrons. The predicted molar refractivity (Wildman–Crippen MR) is 150 cm³/mol. The number of hydrogen-bond donors (Lipinski definition) is 2. The van der Waals surface area contributed by atoms with Crippen LogP contribution in [0.15, 0.2) is 88.7 Å². The number of aryl methyl sites for hydroxylation is 3. The Morgan fingerprint density at radius 3 is 1.85 bits per heavy atom. The molecule has 0 aliphatic carbocycles. The summed E-state index contributed by atoms with van der Waals surface area (Å²) in [6.07, 6.45) is 0. The van der Waals surface area contributed by atoms with Crippen LogP contribution in [-0.4, -0.2) is 39.8 Å². The monoisotopic (exact) mass is 565 g/mol. The molecule has 0 bridgehead atoms. The fourth-order valence-corrected chi connectivity index (χ4v) is 5.84. The highest BCUT2D eigenvalue weighted by atomic mass is 32.2. The third-order valence-electron chi connectivity index (χ3n) is 5.80. The van der Waals surface area contributed by atoms with Crippen molar-refractivity contribution in [1.29, 1.82) is 0 Å². The van der Waals surface area contributed by atoms with Crippen LogP contribution < -0.4 is 14.3 Å². The van der Waals surface area contributed by atoms with Crippen LogP contribution in [0.25, 0.3) is 0 Å². The second kappa shape index (κ2) is 10.8. The van der Waals surface area contributed by atoms with E-state index in [1.807, 2.05) is 6.92 Å². The summed E-state index contributed by atoms with van der Waals surface area (Å²) in [6.45, 7) is 5.35. The minimum Gasteiger partial charge on any atom is -0.322 e. The first-order valence-electron chi connectivity index (χ1n) is 11.8. The summed E-state index contributed by atoms with van der Waals surface area (Å²) < 4.78 is 54.8. The van der Waals surface area contributed by atoms with Crippen LogP contribution in [0, 0.1) is 20.8 Å². The van der Waals surface area contributed by atoms with Gasteiger partial charge in [-0.25, -0.2) is 31.5 Å². The van der Waals surface area contributed by atoms with Crippen LogP contribution in [0.5, 0.6) is 0 Å². The lowest BCUT2D eigenvalue weighted by Crippen LogP contribution is -2.26. The number of nitrogens with zero attached hydrogens (tertiary/aromatic N) is 3. The quantitative estimate of drug-likeness (QED) is 0.325. The average molecular weight is 566 g/mol. The summed E-state index contributed by atoms with van der Waals surface area (Å²) >= 11 is 0. The molecule has 12 heteroatoms. The van der Waals surface area contributed by atoms with E-state index in [0.717, 1.165) is 9.87 Å². The Morgan fingerprint density at radius 2 is 1.28 bits per heavy atom. The van der Waals surface area contributed by atoms with Crippen LogP contribution in [0.2, 0.25) is 0 Å². The number of anilines is 3. The fourth-order valence-electron chi connectivity index (χ4n) is 3.70. The second-order valence-corrected chi connectivity index (χ2v) is 12.5. The largest absolute Gasteiger partial charge is 0.322 e. The van der Waals surface area contributed by atoms with Gasteiger partial charge in [0.2, 0.25) is 5.95 Å². The number of amides is 1. The van der Waals surface area contributed by atoms with E-state index in [1.165, 1.54) is 55.6 Å². The van der Waals surface area contributed by atoms with Crippen molar-refractivity contribution in [2.75, 3.05) is 21.4 Å². The van der Waals surface area contributed by atoms with Gasteiger partial charge in [-0.2, -0.15) is 0 Å². The van der Waals surface area contributed by atoms with E-state index in [9.17, 15) is 21.6 Å². The van der Waals surface area contributed by atoms with Crippen molar-refractivity contribution in [2.24, 2.45) is 0 Å². The van der Waals surface area contributed by atoms with Gasteiger partial charge in [0.05, 0.1) is 15.5 Å². The first-order valence-corrected chi connectivity index (χ1v) is 14.7. The van der Waals surface area contributed by atoms with Crippen molar-refractivity contribution < 1.29 is 21.6 Å². The molecule has 1 heterocycles. The Morgan fingerprint density at radius 1 is 0.744 bits per heavy atom. The molecule has 4 rings (SSSR count). The second-order valence-electron chi connectivity index (χ2n) is 8.89. The summed E-state index contributed by atoms with van der Waals surface area (Å²) in [6, 6.07) is 20.0. The maximum absolute atomic E-state index is 12.9. The van der Waals surface area contributed by atoms with Gasteiger partial charge in [0.1, 0.15) is 0 Å². The smallest absolute Gasteiger partial charge is 0.264 e. The van der Waals surface area contributed by atoms with Crippen molar-refractivity contribution in [3.05, 3.63) is 101 Å². The lowest BCUT2D eigenvalue weighted by atomic mass is 10.2. The summed E-state index contributed by atoms with van der Waals surface area (Å²) in [4.78, 5) is 21.1. The average Bonchev–Trinajstić information content (AvgIpc) is 2.88. The van der Waals surface area contributed by atoms with E-state index >= 15 is 0 Å².